The summed E-state index contributed by atoms with van der Waals surface area (Å²) in [6.07, 6.45) is 4.94. The van der Waals surface area contributed by atoms with Crippen LogP contribution in [-0.4, -0.2) is 38.7 Å². The number of carbonyl (C=O) groups is 1. The fourth-order valence-electron chi connectivity index (χ4n) is 3.00. The Hall–Kier alpha value is -3.94. The van der Waals surface area contributed by atoms with E-state index in [1.807, 2.05) is 24.3 Å². The summed E-state index contributed by atoms with van der Waals surface area (Å²) in [5.74, 6) is 0.449. The molecule has 1 amide bonds. The summed E-state index contributed by atoms with van der Waals surface area (Å²) >= 11 is 0. The zero-order valence-corrected chi connectivity index (χ0v) is 15.8. The largest absolute Gasteiger partial charge is 0.497 e. The summed E-state index contributed by atoms with van der Waals surface area (Å²) in [5.41, 5.74) is 2.17. The van der Waals surface area contributed by atoms with Gasteiger partial charge in [-0.05, 0) is 30.3 Å². The zero-order chi connectivity index (χ0) is 20.2. The van der Waals surface area contributed by atoms with Gasteiger partial charge in [-0.3, -0.25) is 14.6 Å². The first-order chi connectivity index (χ1) is 14.2. The number of methoxy groups -OCH3 is 1. The van der Waals surface area contributed by atoms with Gasteiger partial charge in [-0.15, -0.1) is 0 Å². The monoisotopic (exact) mass is 389 g/mol. The van der Waals surface area contributed by atoms with E-state index < -0.39 is 0 Å². The molecular formula is C21H19N5O3. The van der Waals surface area contributed by atoms with Crippen LogP contribution in [0.15, 0.2) is 71.9 Å². The second kappa shape index (κ2) is 7.97. The lowest BCUT2D eigenvalue weighted by Crippen LogP contribution is -2.31. The number of benzene rings is 1. The van der Waals surface area contributed by atoms with Crippen LogP contribution < -0.4 is 15.6 Å². The first-order valence-electron chi connectivity index (χ1n) is 9.08. The molecule has 4 aromatic rings. The molecule has 0 radical (unpaired) electrons. The molecule has 8 nitrogen and oxygen atoms in total. The summed E-state index contributed by atoms with van der Waals surface area (Å²) in [4.78, 5) is 28.9. The maximum absolute atomic E-state index is 12.8. The topological polar surface area (TPSA) is 90.5 Å². The molecule has 8 heteroatoms. The predicted octanol–water partition coefficient (Wildman–Crippen LogP) is 2.00. The fourth-order valence-corrected chi connectivity index (χ4v) is 3.00. The minimum Gasteiger partial charge on any atom is -0.497 e. The Balaban J connectivity index is 1.52. The molecule has 4 rings (SSSR count). The molecule has 0 aliphatic rings. The van der Waals surface area contributed by atoms with Crippen molar-refractivity contribution in [3.63, 3.8) is 0 Å². The smallest absolute Gasteiger partial charge is 0.276 e. The molecule has 0 atom stereocenters. The fraction of sp³-hybridized carbons (Fsp3) is 0.143. The molecule has 146 valence electrons. The van der Waals surface area contributed by atoms with Crippen molar-refractivity contribution in [3.8, 4) is 17.0 Å². The van der Waals surface area contributed by atoms with Gasteiger partial charge in [0.15, 0.2) is 0 Å². The van der Waals surface area contributed by atoms with E-state index in [1.165, 1.54) is 0 Å². The van der Waals surface area contributed by atoms with Gasteiger partial charge in [0.1, 0.15) is 17.0 Å². The van der Waals surface area contributed by atoms with Crippen LogP contribution >= 0.6 is 0 Å². The number of aromatic nitrogens is 4. The number of carbonyl (C=O) groups excluding carboxylic acids is 1. The van der Waals surface area contributed by atoms with Gasteiger partial charge in [0.25, 0.3) is 11.5 Å². The van der Waals surface area contributed by atoms with Crippen molar-refractivity contribution in [2.75, 3.05) is 13.7 Å². The number of pyridine rings is 1. The van der Waals surface area contributed by atoms with Gasteiger partial charge < -0.3 is 14.6 Å². The highest BCUT2D eigenvalue weighted by atomic mass is 16.5. The molecule has 0 saturated heterocycles. The van der Waals surface area contributed by atoms with E-state index >= 15 is 0 Å². The highest BCUT2D eigenvalue weighted by Gasteiger charge is 2.10. The lowest BCUT2D eigenvalue weighted by atomic mass is 10.1. The Kier molecular flexibility index (Phi) is 5.07. The minimum atomic E-state index is -0.274. The Bertz CT molecular complexity index is 1210. The highest BCUT2D eigenvalue weighted by molar-refractivity contribution is 5.92. The van der Waals surface area contributed by atoms with E-state index in [2.05, 4.69) is 15.4 Å². The molecule has 0 unspecified atom stereocenters. The third-order valence-electron chi connectivity index (χ3n) is 4.50. The Morgan fingerprint density at radius 3 is 2.83 bits per heavy atom. The normalized spacial score (nSPS) is 10.8. The summed E-state index contributed by atoms with van der Waals surface area (Å²) in [6, 6.07) is 14.4. The van der Waals surface area contributed by atoms with Crippen molar-refractivity contribution in [3.05, 3.63) is 83.2 Å². The maximum atomic E-state index is 12.8. The summed E-state index contributed by atoms with van der Waals surface area (Å²) < 4.78 is 8.35. The predicted molar refractivity (Wildman–Crippen MR) is 108 cm³/mol. The van der Waals surface area contributed by atoms with Crippen LogP contribution in [0.2, 0.25) is 0 Å². The summed E-state index contributed by atoms with van der Waals surface area (Å²) in [5, 5.41) is 7.25. The zero-order valence-electron chi connectivity index (χ0n) is 15.8. The third-order valence-corrected chi connectivity index (χ3v) is 4.50. The molecule has 0 saturated carbocycles. The average Bonchev–Trinajstić information content (AvgIpc) is 3.21. The molecule has 1 aromatic carbocycles. The van der Waals surface area contributed by atoms with Gasteiger partial charge in [0.2, 0.25) is 0 Å². The van der Waals surface area contributed by atoms with Gasteiger partial charge in [-0.25, -0.2) is 4.52 Å². The molecule has 0 spiro atoms. The lowest BCUT2D eigenvalue weighted by molar-refractivity contribution is 0.0947. The molecule has 0 bridgehead atoms. The third kappa shape index (κ3) is 3.86. The SMILES string of the molecule is COc1cccc(-c2cc3c(=O)n(CCNC(=O)c4ccccn4)ccn3n2)c1. The Morgan fingerprint density at radius 1 is 1.14 bits per heavy atom. The van der Waals surface area contributed by atoms with Crippen molar-refractivity contribution in [2.45, 2.75) is 6.54 Å². The van der Waals surface area contributed by atoms with Crippen molar-refractivity contribution < 1.29 is 9.53 Å². The molecule has 3 heterocycles. The van der Waals surface area contributed by atoms with Crippen LogP contribution in [0, 0.1) is 0 Å². The molecule has 0 aliphatic heterocycles. The minimum absolute atomic E-state index is 0.179. The van der Waals surface area contributed by atoms with E-state index in [0.717, 1.165) is 11.3 Å². The van der Waals surface area contributed by atoms with Crippen molar-refractivity contribution >= 4 is 11.4 Å². The second-order valence-corrected chi connectivity index (χ2v) is 6.36. The number of amides is 1. The second-order valence-electron chi connectivity index (χ2n) is 6.36. The maximum Gasteiger partial charge on any atom is 0.276 e. The van der Waals surface area contributed by atoms with Crippen LogP contribution in [0.1, 0.15) is 10.5 Å². The molecule has 0 aliphatic carbocycles. The molecule has 3 aromatic heterocycles. The van der Waals surface area contributed by atoms with Crippen LogP contribution in [0.4, 0.5) is 0 Å². The Labute approximate surface area is 166 Å². The van der Waals surface area contributed by atoms with E-state index in [9.17, 15) is 9.59 Å². The summed E-state index contributed by atoms with van der Waals surface area (Å²) in [7, 11) is 1.61. The summed E-state index contributed by atoms with van der Waals surface area (Å²) in [6.45, 7) is 0.649. The van der Waals surface area contributed by atoms with Gasteiger partial charge in [-0.1, -0.05) is 18.2 Å². The van der Waals surface area contributed by atoms with Gasteiger partial charge in [0.05, 0.1) is 12.8 Å². The number of nitrogens with one attached hydrogen (secondary N) is 1. The number of ether oxygens (including phenoxy) is 1. The Morgan fingerprint density at radius 2 is 2.03 bits per heavy atom. The van der Waals surface area contributed by atoms with E-state index in [0.29, 0.717) is 30.0 Å². The number of nitrogens with zero attached hydrogens (tertiary/aromatic N) is 4. The molecule has 29 heavy (non-hydrogen) atoms. The van der Waals surface area contributed by atoms with Crippen LogP contribution in [0.5, 0.6) is 5.75 Å². The van der Waals surface area contributed by atoms with Crippen molar-refractivity contribution in [1.82, 2.24) is 24.5 Å². The van der Waals surface area contributed by atoms with E-state index in [1.54, 1.807) is 59.0 Å². The first-order valence-corrected chi connectivity index (χ1v) is 9.08. The van der Waals surface area contributed by atoms with Crippen molar-refractivity contribution in [1.29, 1.82) is 0 Å². The first kappa shape index (κ1) is 18.4. The molecule has 0 fully saturated rings. The van der Waals surface area contributed by atoms with Crippen LogP contribution in [0.25, 0.3) is 16.8 Å². The number of hydrogen-bond donors (Lipinski definition) is 1. The van der Waals surface area contributed by atoms with Gasteiger partial charge in [-0.2, -0.15) is 5.10 Å². The number of rotatable bonds is 6. The average molecular weight is 389 g/mol. The quantitative estimate of drug-likeness (QED) is 0.545. The molecular weight excluding hydrogens is 370 g/mol. The lowest BCUT2D eigenvalue weighted by Gasteiger charge is -2.07. The van der Waals surface area contributed by atoms with E-state index in [4.69, 9.17) is 4.74 Å². The van der Waals surface area contributed by atoms with Gasteiger partial charge >= 0.3 is 0 Å². The number of hydrogen-bond acceptors (Lipinski definition) is 5. The van der Waals surface area contributed by atoms with Crippen molar-refractivity contribution in [2.24, 2.45) is 0 Å². The van der Waals surface area contributed by atoms with Crippen LogP contribution in [0.3, 0.4) is 0 Å². The number of fused-ring (bicyclic) bond motifs is 1. The standard InChI is InChI=1S/C21H19N5O3/c1-29-16-6-4-5-15(13-16)18-14-19-21(28)25(11-12-26(19)24-18)10-9-23-20(27)17-7-2-3-8-22-17/h2-8,11-14H,9-10H2,1H3,(H,23,27). The highest BCUT2D eigenvalue weighted by Crippen LogP contribution is 2.22. The van der Waals surface area contributed by atoms with Gasteiger partial charge in [0, 0.05) is 37.2 Å². The van der Waals surface area contributed by atoms with E-state index in [-0.39, 0.29) is 11.5 Å². The van der Waals surface area contributed by atoms with Crippen LogP contribution in [-0.2, 0) is 6.54 Å². The molecule has 1 N–H and O–H groups in total.